The lowest BCUT2D eigenvalue weighted by Crippen LogP contribution is -2.23. The van der Waals surface area contributed by atoms with Gasteiger partial charge in [0.15, 0.2) is 0 Å². The lowest BCUT2D eigenvalue weighted by atomic mass is 10.1. The molecule has 10 heteroatoms. The van der Waals surface area contributed by atoms with E-state index in [4.69, 9.17) is 69.6 Å². The predicted octanol–water partition coefficient (Wildman–Crippen LogP) is 6.58. The average Bonchev–Trinajstić information content (AvgIpc) is 3.19. The number of hydrogen-bond donors (Lipinski definition) is 2. The number of rotatable bonds is 5. The summed E-state index contributed by atoms with van der Waals surface area (Å²) in [6.07, 6.45) is 0. The van der Waals surface area contributed by atoms with Crippen molar-refractivity contribution in [2.45, 2.75) is 17.2 Å². The quantitative estimate of drug-likeness (QED) is 0.443. The fourth-order valence-corrected chi connectivity index (χ4v) is 4.91. The fraction of sp³-hybridized carbons (Fsp3) is 0.263. The Hall–Kier alpha value is -0.880. The first-order valence-electron chi connectivity index (χ1n) is 8.48. The minimum atomic E-state index is -1.32. The van der Waals surface area contributed by atoms with E-state index >= 15 is 0 Å². The smallest absolute Gasteiger partial charge is 0.252 e. The molecule has 2 amide bonds. The molecule has 0 heterocycles. The van der Waals surface area contributed by atoms with E-state index < -0.39 is 28.0 Å². The molecule has 4 nitrogen and oxygen atoms in total. The summed E-state index contributed by atoms with van der Waals surface area (Å²) in [5.41, 5.74) is 1.10. The largest absolute Gasteiger partial charge is 0.352 e. The van der Waals surface area contributed by atoms with Crippen LogP contribution in [0.15, 0.2) is 30.3 Å². The van der Waals surface area contributed by atoms with Crippen molar-refractivity contribution in [1.29, 1.82) is 0 Å². The minimum absolute atomic E-state index is 0.0949. The van der Waals surface area contributed by atoms with E-state index in [-0.39, 0.29) is 15.6 Å². The van der Waals surface area contributed by atoms with Gasteiger partial charge in [-0.15, -0.1) is 23.2 Å². The number of carbonyl (C=O) groups is 2. The third-order valence-electron chi connectivity index (χ3n) is 4.46. The number of alkyl halides is 2. The van der Waals surface area contributed by atoms with Crippen LogP contribution < -0.4 is 10.6 Å². The summed E-state index contributed by atoms with van der Waals surface area (Å²) in [5.74, 6) is -2.08. The van der Waals surface area contributed by atoms with Crippen LogP contribution in [0.2, 0.25) is 20.1 Å². The van der Waals surface area contributed by atoms with Crippen LogP contribution in [0.25, 0.3) is 0 Å². The lowest BCUT2D eigenvalue weighted by molar-refractivity contribution is -0.117. The van der Waals surface area contributed by atoms with E-state index in [1.54, 1.807) is 25.1 Å². The summed E-state index contributed by atoms with van der Waals surface area (Å²) < 4.78 is -1.32. The van der Waals surface area contributed by atoms with Crippen LogP contribution in [0, 0.1) is 5.92 Å². The Morgan fingerprint density at radius 1 is 1.00 bits per heavy atom. The second kappa shape index (κ2) is 8.70. The van der Waals surface area contributed by atoms with Gasteiger partial charge in [0, 0.05) is 28.2 Å². The Morgan fingerprint density at radius 3 is 2.21 bits per heavy atom. The molecule has 0 spiro atoms. The molecule has 2 unspecified atom stereocenters. The maximum absolute atomic E-state index is 12.8. The van der Waals surface area contributed by atoms with Crippen LogP contribution in [0.5, 0.6) is 0 Å². The van der Waals surface area contributed by atoms with Crippen molar-refractivity contribution in [3.63, 3.8) is 0 Å². The molecule has 0 saturated heterocycles. The summed E-state index contributed by atoms with van der Waals surface area (Å²) in [6.45, 7) is 2.19. The van der Waals surface area contributed by atoms with Gasteiger partial charge in [-0.1, -0.05) is 46.4 Å². The highest BCUT2D eigenvalue weighted by atomic mass is 35.5. The van der Waals surface area contributed by atoms with Crippen molar-refractivity contribution in [2.24, 2.45) is 5.92 Å². The Labute approximate surface area is 197 Å². The van der Waals surface area contributed by atoms with Gasteiger partial charge in [-0.05, 0) is 42.8 Å². The number of amides is 2. The highest BCUT2D eigenvalue weighted by Gasteiger charge is 2.67. The number of benzene rings is 2. The van der Waals surface area contributed by atoms with Gasteiger partial charge in [-0.25, -0.2) is 0 Å². The molecule has 1 saturated carbocycles. The average molecular weight is 515 g/mol. The van der Waals surface area contributed by atoms with Crippen molar-refractivity contribution < 1.29 is 9.59 Å². The Bertz CT molecular complexity index is 975. The van der Waals surface area contributed by atoms with Gasteiger partial charge in [-0.2, -0.15) is 0 Å². The molecule has 154 valence electrons. The molecule has 1 fully saturated rings. The van der Waals surface area contributed by atoms with Gasteiger partial charge < -0.3 is 10.6 Å². The van der Waals surface area contributed by atoms with Crippen LogP contribution in [0.4, 0.5) is 5.69 Å². The topological polar surface area (TPSA) is 58.2 Å². The van der Waals surface area contributed by atoms with Gasteiger partial charge in [0.1, 0.15) is 4.33 Å². The van der Waals surface area contributed by atoms with E-state index in [9.17, 15) is 9.59 Å². The van der Waals surface area contributed by atoms with Crippen LogP contribution >= 0.6 is 69.6 Å². The standard InChI is InChI=1S/C19H14Cl6N2O2/c1-2-26-17(28)12-6-11(7-13(22)16(12)23)27-18(29)15-14(19(15,24)25)8-3-9(20)5-10(21)4-8/h3-7,14-15H,2H2,1H3,(H,26,28)(H,27,29). The maximum Gasteiger partial charge on any atom is 0.252 e. The molecular weight excluding hydrogens is 501 g/mol. The number of nitrogens with one attached hydrogen (secondary N) is 2. The number of halogens is 6. The molecule has 0 bridgehead atoms. The summed E-state index contributed by atoms with van der Waals surface area (Å²) >= 11 is 37.0. The first-order chi connectivity index (χ1) is 13.6. The van der Waals surface area contributed by atoms with E-state index in [1.807, 2.05) is 0 Å². The normalized spacial score (nSPS) is 19.6. The van der Waals surface area contributed by atoms with E-state index in [0.29, 0.717) is 27.8 Å². The molecule has 0 aromatic heterocycles. The summed E-state index contributed by atoms with van der Waals surface area (Å²) in [5, 5.41) is 6.39. The monoisotopic (exact) mass is 512 g/mol. The first kappa shape index (κ1) is 22.8. The van der Waals surface area contributed by atoms with Crippen molar-refractivity contribution in [2.75, 3.05) is 11.9 Å². The molecule has 2 atom stereocenters. The van der Waals surface area contributed by atoms with Gasteiger partial charge in [-0.3, -0.25) is 9.59 Å². The molecule has 1 aliphatic rings. The van der Waals surface area contributed by atoms with E-state index in [1.165, 1.54) is 12.1 Å². The van der Waals surface area contributed by atoms with Crippen molar-refractivity contribution in [3.05, 3.63) is 61.5 Å². The lowest BCUT2D eigenvalue weighted by Gasteiger charge is -2.11. The summed E-state index contributed by atoms with van der Waals surface area (Å²) in [7, 11) is 0. The highest BCUT2D eigenvalue weighted by molar-refractivity contribution is 6.53. The van der Waals surface area contributed by atoms with Gasteiger partial charge in [0.05, 0.1) is 21.5 Å². The minimum Gasteiger partial charge on any atom is -0.352 e. The fourth-order valence-electron chi connectivity index (χ4n) is 3.12. The molecule has 2 aromatic rings. The molecule has 1 aliphatic carbocycles. The molecule has 0 aliphatic heterocycles. The maximum atomic E-state index is 12.8. The van der Waals surface area contributed by atoms with Gasteiger partial charge in [0.2, 0.25) is 5.91 Å². The second-order valence-electron chi connectivity index (χ2n) is 6.50. The van der Waals surface area contributed by atoms with Crippen LogP contribution in [-0.4, -0.2) is 22.7 Å². The molecule has 2 N–H and O–H groups in total. The van der Waals surface area contributed by atoms with Crippen LogP contribution in [-0.2, 0) is 4.79 Å². The third-order valence-corrected chi connectivity index (χ3v) is 6.64. The van der Waals surface area contributed by atoms with Crippen LogP contribution in [0.1, 0.15) is 28.8 Å². The third kappa shape index (κ3) is 4.73. The molecule has 29 heavy (non-hydrogen) atoms. The SMILES string of the molecule is CCNC(=O)c1cc(NC(=O)C2C(c3cc(Cl)cc(Cl)c3)C2(Cl)Cl)cc(Cl)c1Cl. The van der Waals surface area contributed by atoms with E-state index in [0.717, 1.165) is 0 Å². The summed E-state index contributed by atoms with van der Waals surface area (Å²) in [4.78, 5) is 25.0. The highest BCUT2D eigenvalue weighted by Crippen LogP contribution is 2.65. The summed E-state index contributed by atoms with van der Waals surface area (Å²) in [6, 6.07) is 7.79. The Balaban J connectivity index is 1.84. The van der Waals surface area contributed by atoms with Gasteiger partial charge in [0.25, 0.3) is 5.91 Å². The number of carbonyl (C=O) groups excluding carboxylic acids is 2. The molecule has 2 aromatic carbocycles. The zero-order valence-electron chi connectivity index (χ0n) is 14.8. The van der Waals surface area contributed by atoms with Crippen molar-refractivity contribution in [1.82, 2.24) is 5.32 Å². The Kier molecular flexibility index (Phi) is 6.84. The van der Waals surface area contributed by atoms with E-state index in [2.05, 4.69) is 10.6 Å². The van der Waals surface area contributed by atoms with Gasteiger partial charge >= 0.3 is 0 Å². The zero-order chi connectivity index (χ0) is 21.5. The second-order valence-corrected chi connectivity index (χ2v) is 9.60. The van der Waals surface area contributed by atoms with Crippen molar-refractivity contribution >= 4 is 87.1 Å². The Morgan fingerprint density at radius 2 is 1.62 bits per heavy atom. The first-order valence-corrected chi connectivity index (χ1v) is 10.7. The molecule has 3 rings (SSSR count). The number of anilines is 1. The molecule has 0 radical (unpaired) electrons. The van der Waals surface area contributed by atoms with Crippen LogP contribution in [0.3, 0.4) is 0 Å². The predicted molar refractivity (Wildman–Crippen MR) is 120 cm³/mol. The zero-order valence-corrected chi connectivity index (χ0v) is 19.4. The van der Waals surface area contributed by atoms with Crippen molar-refractivity contribution in [3.8, 4) is 0 Å². The molecular formula is C19H14Cl6N2O2. The number of hydrogen-bond acceptors (Lipinski definition) is 2.